The highest BCUT2D eigenvalue weighted by atomic mass is 16.2. The van der Waals surface area contributed by atoms with Gasteiger partial charge in [0.15, 0.2) is 0 Å². The number of nitrogens with zero attached hydrogens (tertiary/aromatic N) is 2. The van der Waals surface area contributed by atoms with E-state index < -0.39 is 0 Å². The number of hydrogen-bond acceptors (Lipinski definition) is 3. The highest BCUT2D eigenvalue weighted by molar-refractivity contribution is 5.83. The lowest BCUT2D eigenvalue weighted by Gasteiger charge is -2.36. The van der Waals surface area contributed by atoms with Crippen LogP contribution >= 0.6 is 0 Å². The van der Waals surface area contributed by atoms with Gasteiger partial charge in [0, 0.05) is 18.9 Å². The smallest absolute Gasteiger partial charge is 0.238 e. The normalized spacial score (nSPS) is 17.5. The number of pyridine rings is 1. The molecule has 2 unspecified atom stereocenters. The number of benzene rings is 2. The molecule has 4 nitrogen and oxygen atoms in total. The first-order valence-electron chi connectivity index (χ1n) is 9.82. The van der Waals surface area contributed by atoms with E-state index in [9.17, 15) is 4.79 Å². The summed E-state index contributed by atoms with van der Waals surface area (Å²) in [5, 5.41) is 3.29. The van der Waals surface area contributed by atoms with Crippen molar-refractivity contribution < 1.29 is 4.79 Å². The lowest BCUT2D eigenvalue weighted by molar-refractivity contribution is -0.127. The molecule has 1 aromatic heterocycles. The van der Waals surface area contributed by atoms with Crippen LogP contribution in [0.15, 0.2) is 79.1 Å². The van der Waals surface area contributed by atoms with Gasteiger partial charge in [-0.2, -0.15) is 0 Å². The number of fused-ring (bicyclic) bond motifs is 1. The fraction of sp³-hybridized carbons (Fsp3) is 0.250. The van der Waals surface area contributed by atoms with Gasteiger partial charge in [0.1, 0.15) is 0 Å². The maximum absolute atomic E-state index is 13.4. The molecule has 0 spiro atoms. The summed E-state index contributed by atoms with van der Waals surface area (Å²) in [6, 6.07) is 22.1. The molecule has 0 bridgehead atoms. The Morgan fingerprint density at radius 3 is 2.46 bits per heavy atom. The first kappa shape index (κ1) is 18.4. The summed E-state index contributed by atoms with van der Waals surface area (Å²) in [6.07, 6.45) is 4.32. The Kier molecular flexibility index (Phi) is 5.49. The van der Waals surface area contributed by atoms with Crippen LogP contribution in [0.2, 0.25) is 0 Å². The number of likely N-dealkylation sites (N-methyl/N-ethyl adjacent to an activating group) is 1. The van der Waals surface area contributed by atoms with Crippen LogP contribution in [0.1, 0.15) is 35.2 Å². The summed E-state index contributed by atoms with van der Waals surface area (Å²) < 4.78 is 0. The number of aromatic nitrogens is 1. The zero-order valence-corrected chi connectivity index (χ0v) is 16.1. The van der Waals surface area contributed by atoms with Gasteiger partial charge < -0.3 is 5.32 Å². The standard InChI is InChI=1S/C24H25N3O/c1-2-27-17-21-12-7-6-11-19(21)15-22(27)24(28)26-23(18-9-4-3-5-10-18)20-13-8-14-25-16-20/h3-14,16,22-23H,2,15,17H2,1H3,(H,26,28). The topological polar surface area (TPSA) is 45.2 Å². The van der Waals surface area contributed by atoms with E-state index in [0.717, 1.165) is 30.6 Å². The predicted molar refractivity (Wildman–Crippen MR) is 111 cm³/mol. The van der Waals surface area contributed by atoms with Gasteiger partial charge in [-0.1, -0.05) is 67.6 Å². The number of carbonyl (C=O) groups is 1. The Hall–Kier alpha value is -2.98. The molecule has 28 heavy (non-hydrogen) atoms. The second kappa shape index (κ2) is 8.36. The third-order valence-corrected chi connectivity index (χ3v) is 5.49. The minimum atomic E-state index is -0.210. The van der Waals surface area contributed by atoms with E-state index in [4.69, 9.17) is 0 Å². The number of hydrogen-bond donors (Lipinski definition) is 1. The van der Waals surface area contributed by atoms with E-state index in [2.05, 4.69) is 46.4 Å². The Morgan fingerprint density at radius 1 is 1.04 bits per heavy atom. The largest absolute Gasteiger partial charge is 0.344 e. The van der Waals surface area contributed by atoms with Gasteiger partial charge in [-0.25, -0.2) is 0 Å². The molecule has 0 saturated carbocycles. The van der Waals surface area contributed by atoms with Crippen LogP contribution in [0.3, 0.4) is 0 Å². The molecule has 2 atom stereocenters. The maximum atomic E-state index is 13.4. The molecule has 4 rings (SSSR count). The summed E-state index contributed by atoms with van der Waals surface area (Å²) in [5.41, 5.74) is 4.63. The Bertz CT molecular complexity index is 887. The minimum Gasteiger partial charge on any atom is -0.344 e. The number of rotatable bonds is 5. The van der Waals surface area contributed by atoms with Crippen molar-refractivity contribution in [3.05, 3.63) is 101 Å². The molecule has 3 aromatic rings. The molecule has 2 aromatic carbocycles. The first-order valence-corrected chi connectivity index (χ1v) is 9.82. The molecule has 2 heterocycles. The van der Waals surface area contributed by atoms with Crippen LogP contribution in [0.25, 0.3) is 0 Å². The van der Waals surface area contributed by atoms with Crippen LogP contribution in [0.5, 0.6) is 0 Å². The van der Waals surface area contributed by atoms with Crippen LogP contribution in [-0.2, 0) is 17.8 Å². The van der Waals surface area contributed by atoms with Crippen molar-refractivity contribution in [2.45, 2.75) is 32.0 Å². The third kappa shape index (κ3) is 3.82. The van der Waals surface area contributed by atoms with Gasteiger partial charge in [0.25, 0.3) is 0 Å². The van der Waals surface area contributed by atoms with Crippen molar-refractivity contribution in [2.75, 3.05) is 6.54 Å². The highest BCUT2D eigenvalue weighted by Gasteiger charge is 2.32. The fourth-order valence-corrected chi connectivity index (χ4v) is 3.96. The third-order valence-electron chi connectivity index (χ3n) is 5.49. The van der Waals surface area contributed by atoms with Crippen LogP contribution < -0.4 is 5.32 Å². The number of nitrogens with one attached hydrogen (secondary N) is 1. The second-order valence-corrected chi connectivity index (χ2v) is 7.19. The Labute approximate surface area is 166 Å². The Balaban J connectivity index is 1.61. The average Bonchev–Trinajstić information content (AvgIpc) is 2.77. The van der Waals surface area contributed by atoms with E-state index >= 15 is 0 Å². The molecule has 0 aliphatic carbocycles. The molecule has 0 radical (unpaired) electrons. The van der Waals surface area contributed by atoms with Crippen molar-refractivity contribution in [3.8, 4) is 0 Å². The average molecular weight is 371 g/mol. The van der Waals surface area contributed by atoms with Crippen molar-refractivity contribution >= 4 is 5.91 Å². The monoisotopic (exact) mass is 371 g/mol. The lowest BCUT2D eigenvalue weighted by Crippen LogP contribution is -2.50. The number of carbonyl (C=O) groups excluding carboxylic acids is 1. The zero-order chi connectivity index (χ0) is 19.3. The predicted octanol–water partition coefficient (Wildman–Crippen LogP) is 3.73. The fourth-order valence-electron chi connectivity index (χ4n) is 3.96. The molecule has 142 valence electrons. The quantitative estimate of drug-likeness (QED) is 0.743. The lowest BCUT2D eigenvalue weighted by atomic mass is 9.92. The molecule has 1 amide bonds. The first-order chi connectivity index (χ1) is 13.8. The van der Waals surface area contributed by atoms with E-state index in [0.29, 0.717) is 0 Å². The van der Waals surface area contributed by atoms with Gasteiger partial charge in [-0.3, -0.25) is 14.7 Å². The van der Waals surface area contributed by atoms with Crippen LogP contribution in [0, 0.1) is 0 Å². The minimum absolute atomic E-state index is 0.0639. The summed E-state index contributed by atoms with van der Waals surface area (Å²) in [7, 11) is 0. The van der Waals surface area contributed by atoms with Crippen LogP contribution in [-0.4, -0.2) is 28.4 Å². The van der Waals surface area contributed by atoms with Crippen LogP contribution in [0.4, 0.5) is 0 Å². The summed E-state index contributed by atoms with van der Waals surface area (Å²) in [6.45, 7) is 3.77. The molecular weight excluding hydrogens is 346 g/mol. The highest BCUT2D eigenvalue weighted by Crippen LogP contribution is 2.26. The molecule has 1 aliphatic heterocycles. The SMILES string of the molecule is CCN1Cc2ccccc2CC1C(=O)NC(c1ccccc1)c1cccnc1. The van der Waals surface area contributed by atoms with Gasteiger partial charge in [0.05, 0.1) is 12.1 Å². The van der Waals surface area contributed by atoms with Gasteiger partial charge in [-0.15, -0.1) is 0 Å². The van der Waals surface area contributed by atoms with Crippen molar-refractivity contribution in [2.24, 2.45) is 0 Å². The summed E-state index contributed by atoms with van der Waals surface area (Å²) >= 11 is 0. The van der Waals surface area contributed by atoms with E-state index in [-0.39, 0.29) is 18.0 Å². The molecule has 1 aliphatic rings. The van der Waals surface area contributed by atoms with Gasteiger partial charge in [0.2, 0.25) is 5.91 Å². The molecule has 4 heteroatoms. The summed E-state index contributed by atoms with van der Waals surface area (Å²) in [5.74, 6) is 0.0639. The number of amides is 1. The summed E-state index contributed by atoms with van der Waals surface area (Å²) in [4.78, 5) is 19.9. The molecular formula is C24H25N3O. The van der Waals surface area contributed by atoms with E-state index in [1.54, 1.807) is 6.20 Å². The van der Waals surface area contributed by atoms with Crippen molar-refractivity contribution in [1.29, 1.82) is 0 Å². The molecule has 1 N–H and O–H groups in total. The van der Waals surface area contributed by atoms with Gasteiger partial charge >= 0.3 is 0 Å². The zero-order valence-electron chi connectivity index (χ0n) is 16.1. The maximum Gasteiger partial charge on any atom is 0.238 e. The molecule has 0 fully saturated rings. The Morgan fingerprint density at radius 2 is 1.75 bits per heavy atom. The second-order valence-electron chi connectivity index (χ2n) is 7.19. The van der Waals surface area contributed by atoms with E-state index in [1.165, 1.54) is 11.1 Å². The van der Waals surface area contributed by atoms with Gasteiger partial charge in [-0.05, 0) is 41.3 Å². The van der Waals surface area contributed by atoms with Crippen molar-refractivity contribution in [3.63, 3.8) is 0 Å². The molecule has 0 saturated heterocycles. The van der Waals surface area contributed by atoms with E-state index in [1.807, 2.05) is 48.7 Å². The van der Waals surface area contributed by atoms with Crippen molar-refractivity contribution in [1.82, 2.24) is 15.2 Å².